The van der Waals surface area contributed by atoms with Crippen molar-refractivity contribution in [3.8, 4) is 21.7 Å². The van der Waals surface area contributed by atoms with Gasteiger partial charge in [0.25, 0.3) is 0 Å². The Hall–Kier alpha value is -2.29. The first-order valence-electron chi connectivity index (χ1n) is 9.25. The van der Waals surface area contributed by atoms with Gasteiger partial charge in [-0.1, -0.05) is 6.07 Å². The number of nitrogens with one attached hydrogen (secondary N) is 1. The van der Waals surface area contributed by atoms with Crippen LogP contribution in [0.15, 0.2) is 47.3 Å². The highest BCUT2D eigenvalue weighted by molar-refractivity contribution is 9.10. The Kier molecular flexibility index (Phi) is 4.62. The Bertz CT molecular complexity index is 1140. The van der Waals surface area contributed by atoms with Crippen LogP contribution in [0.25, 0.3) is 31.9 Å². The van der Waals surface area contributed by atoms with E-state index in [2.05, 4.69) is 48.3 Å². The number of aromatic nitrogens is 4. The number of piperidine rings is 1. The fourth-order valence-corrected chi connectivity index (χ4v) is 5.19. The maximum atomic E-state index is 6.20. The van der Waals surface area contributed by atoms with Crippen LogP contribution in [0.1, 0.15) is 18.9 Å². The number of thiazole rings is 1. The minimum Gasteiger partial charge on any atom is -0.383 e. The summed E-state index contributed by atoms with van der Waals surface area (Å²) in [6.45, 7) is 2.08. The molecule has 1 aromatic carbocycles. The summed E-state index contributed by atoms with van der Waals surface area (Å²) in [5.41, 5.74) is 10.1. The molecule has 28 heavy (non-hydrogen) atoms. The van der Waals surface area contributed by atoms with Crippen LogP contribution in [0.2, 0.25) is 0 Å². The molecule has 1 fully saturated rings. The fraction of sp³-hybridized carbons (Fsp3) is 0.250. The molecule has 0 amide bonds. The Morgan fingerprint density at radius 3 is 2.86 bits per heavy atom. The predicted molar refractivity (Wildman–Crippen MR) is 117 cm³/mol. The molecule has 0 bridgehead atoms. The van der Waals surface area contributed by atoms with Crippen molar-refractivity contribution in [2.75, 3.05) is 18.8 Å². The second kappa shape index (κ2) is 7.27. The molecule has 1 aliphatic rings. The van der Waals surface area contributed by atoms with E-state index in [0.29, 0.717) is 11.9 Å². The van der Waals surface area contributed by atoms with Crippen LogP contribution in [0.3, 0.4) is 0 Å². The third-order valence-electron chi connectivity index (χ3n) is 5.13. The van der Waals surface area contributed by atoms with Crippen LogP contribution in [-0.4, -0.2) is 32.8 Å². The number of nitrogens with two attached hydrogens (primary N) is 1. The summed E-state index contributed by atoms with van der Waals surface area (Å²) in [4.78, 5) is 9.19. The molecule has 0 saturated carbocycles. The van der Waals surface area contributed by atoms with Crippen molar-refractivity contribution < 1.29 is 0 Å². The summed E-state index contributed by atoms with van der Waals surface area (Å²) < 4.78 is 4.24. The molecule has 142 valence electrons. The molecule has 3 aromatic heterocycles. The van der Waals surface area contributed by atoms with E-state index in [-0.39, 0.29) is 0 Å². The van der Waals surface area contributed by atoms with Gasteiger partial charge in [0.2, 0.25) is 0 Å². The topological polar surface area (TPSA) is 81.6 Å². The molecule has 0 radical (unpaired) electrons. The normalized spacial score (nSPS) is 15.3. The summed E-state index contributed by atoms with van der Waals surface area (Å²) >= 11 is 5.22. The lowest BCUT2D eigenvalue weighted by Crippen LogP contribution is -2.29. The van der Waals surface area contributed by atoms with Crippen LogP contribution in [0, 0.1) is 0 Å². The second-order valence-corrected chi connectivity index (χ2v) is 8.81. The van der Waals surface area contributed by atoms with Crippen molar-refractivity contribution in [2.45, 2.75) is 18.9 Å². The SMILES string of the molecule is Nc1ncc(-c2cnn(C3CCNCC3)c2)cc1-c1nc2cccc(Br)c2s1. The third kappa shape index (κ3) is 3.21. The van der Waals surface area contributed by atoms with Crippen LogP contribution < -0.4 is 11.1 Å². The maximum Gasteiger partial charge on any atom is 0.133 e. The van der Waals surface area contributed by atoms with Gasteiger partial charge >= 0.3 is 0 Å². The first kappa shape index (κ1) is 17.8. The van der Waals surface area contributed by atoms with Crippen molar-refractivity contribution in [1.29, 1.82) is 0 Å². The van der Waals surface area contributed by atoms with Gasteiger partial charge in [0, 0.05) is 28.0 Å². The molecule has 0 atom stereocenters. The van der Waals surface area contributed by atoms with E-state index in [4.69, 9.17) is 10.7 Å². The molecular weight excluding hydrogens is 436 g/mol. The number of nitrogen functional groups attached to an aromatic ring is 1. The van der Waals surface area contributed by atoms with Crippen molar-refractivity contribution >= 4 is 43.3 Å². The highest BCUT2D eigenvalue weighted by atomic mass is 79.9. The molecule has 6 nitrogen and oxygen atoms in total. The van der Waals surface area contributed by atoms with Crippen LogP contribution in [0.4, 0.5) is 5.82 Å². The smallest absolute Gasteiger partial charge is 0.133 e. The molecule has 8 heteroatoms. The highest BCUT2D eigenvalue weighted by Gasteiger charge is 2.17. The van der Waals surface area contributed by atoms with Gasteiger partial charge in [0.05, 0.1) is 28.0 Å². The van der Waals surface area contributed by atoms with Crippen molar-refractivity contribution in [1.82, 2.24) is 25.1 Å². The monoisotopic (exact) mass is 454 g/mol. The molecule has 1 aliphatic heterocycles. The minimum atomic E-state index is 0.456. The number of pyridine rings is 1. The first-order valence-corrected chi connectivity index (χ1v) is 10.9. The van der Waals surface area contributed by atoms with E-state index in [1.165, 1.54) is 0 Å². The van der Waals surface area contributed by atoms with E-state index in [1.807, 2.05) is 30.6 Å². The Morgan fingerprint density at radius 2 is 2.04 bits per heavy atom. The zero-order chi connectivity index (χ0) is 19.1. The number of anilines is 1. The molecular formula is C20H19BrN6S. The van der Waals surface area contributed by atoms with Crippen molar-refractivity contribution in [2.24, 2.45) is 0 Å². The average Bonchev–Trinajstić information content (AvgIpc) is 3.37. The van der Waals surface area contributed by atoms with Crippen LogP contribution >= 0.6 is 27.3 Å². The van der Waals surface area contributed by atoms with E-state index >= 15 is 0 Å². The number of halogens is 1. The first-order chi connectivity index (χ1) is 13.7. The van der Waals surface area contributed by atoms with Gasteiger partial charge < -0.3 is 11.1 Å². The van der Waals surface area contributed by atoms with Crippen molar-refractivity contribution in [3.05, 3.63) is 47.3 Å². The number of nitrogens with zero attached hydrogens (tertiary/aromatic N) is 4. The zero-order valence-corrected chi connectivity index (χ0v) is 17.5. The van der Waals surface area contributed by atoms with E-state index in [0.717, 1.165) is 62.3 Å². The number of benzene rings is 1. The second-order valence-electron chi connectivity index (χ2n) is 6.95. The van der Waals surface area contributed by atoms with Gasteiger partial charge in [-0.3, -0.25) is 4.68 Å². The highest BCUT2D eigenvalue weighted by Crippen LogP contribution is 2.37. The maximum absolute atomic E-state index is 6.20. The number of fused-ring (bicyclic) bond motifs is 1. The largest absolute Gasteiger partial charge is 0.383 e. The van der Waals surface area contributed by atoms with Crippen LogP contribution in [-0.2, 0) is 0 Å². The summed E-state index contributed by atoms with van der Waals surface area (Å²) in [7, 11) is 0. The summed E-state index contributed by atoms with van der Waals surface area (Å²) in [6.07, 6.45) is 8.04. The number of hydrogen-bond donors (Lipinski definition) is 2. The fourth-order valence-electron chi connectivity index (χ4n) is 3.59. The Balaban J connectivity index is 1.52. The minimum absolute atomic E-state index is 0.456. The third-order valence-corrected chi connectivity index (χ3v) is 7.19. The molecule has 0 unspecified atom stereocenters. The molecule has 3 N–H and O–H groups in total. The van der Waals surface area contributed by atoms with Gasteiger partial charge in [-0.25, -0.2) is 9.97 Å². The van der Waals surface area contributed by atoms with Gasteiger partial charge in [0.15, 0.2) is 0 Å². The molecule has 5 rings (SSSR count). The van der Waals surface area contributed by atoms with Crippen molar-refractivity contribution in [3.63, 3.8) is 0 Å². The lowest BCUT2D eigenvalue weighted by molar-refractivity contribution is 0.343. The lowest BCUT2D eigenvalue weighted by Gasteiger charge is -2.22. The summed E-state index contributed by atoms with van der Waals surface area (Å²) in [6, 6.07) is 8.55. The lowest BCUT2D eigenvalue weighted by atomic mass is 10.1. The van der Waals surface area contributed by atoms with E-state index in [9.17, 15) is 0 Å². The van der Waals surface area contributed by atoms with Crippen LogP contribution in [0.5, 0.6) is 0 Å². The Morgan fingerprint density at radius 1 is 1.18 bits per heavy atom. The van der Waals surface area contributed by atoms with Gasteiger partial charge in [-0.05, 0) is 60.1 Å². The van der Waals surface area contributed by atoms with E-state index < -0.39 is 0 Å². The molecule has 1 saturated heterocycles. The standard InChI is InChI=1S/C20H19BrN6S/c21-16-2-1-3-17-18(16)28-20(26-17)15-8-12(9-24-19(15)22)13-10-25-27(11-13)14-4-6-23-7-5-14/h1-3,8-11,14,23H,4-7H2,(H2,22,24). The summed E-state index contributed by atoms with van der Waals surface area (Å²) in [5.74, 6) is 0.490. The summed E-state index contributed by atoms with van der Waals surface area (Å²) in [5, 5.41) is 8.87. The van der Waals surface area contributed by atoms with Gasteiger partial charge in [-0.2, -0.15) is 5.10 Å². The number of rotatable bonds is 3. The van der Waals surface area contributed by atoms with E-state index in [1.54, 1.807) is 11.3 Å². The molecule has 4 heterocycles. The quantitative estimate of drug-likeness (QED) is 0.476. The molecule has 0 aliphatic carbocycles. The van der Waals surface area contributed by atoms with Gasteiger partial charge in [0.1, 0.15) is 10.8 Å². The molecule has 0 spiro atoms. The van der Waals surface area contributed by atoms with Gasteiger partial charge in [-0.15, -0.1) is 11.3 Å². The average molecular weight is 455 g/mol. The number of hydrogen-bond acceptors (Lipinski definition) is 6. The zero-order valence-electron chi connectivity index (χ0n) is 15.1. The molecule has 4 aromatic rings. The Labute approximate surface area is 174 Å². The predicted octanol–water partition coefficient (Wildman–Crippen LogP) is 4.49.